The lowest BCUT2D eigenvalue weighted by molar-refractivity contribution is 0.0969. The molecule has 0 saturated heterocycles. The summed E-state index contributed by atoms with van der Waals surface area (Å²) in [7, 11) is 1.56. The third-order valence-electron chi connectivity index (χ3n) is 5.56. The van der Waals surface area contributed by atoms with E-state index < -0.39 is 0 Å². The van der Waals surface area contributed by atoms with E-state index in [0.717, 1.165) is 24.3 Å². The topological polar surface area (TPSA) is 61.1 Å². The quantitative estimate of drug-likeness (QED) is 0.395. The Bertz CT molecular complexity index is 1310. The van der Waals surface area contributed by atoms with Crippen molar-refractivity contribution in [2.75, 3.05) is 20.4 Å². The number of methoxy groups -OCH3 is 1. The summed E-state index contributed by atoms with van der Waals surface area (Å²) in [6, 6.07) is 15.0. The molecule has 6 nitrogen and oxygen atoms in total. The van der Waals surface area contributed by atoms with Crippen LogP contribution in [0.15, 0.2) is 63.1 Å². The summed E-state index contributed by atoms with van der Waals surface area (Å²) >= 11 is 1.76. The van der Waals surface area contributed by atoms with Crippen LogP contribution in [0, 0.1) is 6.92 Å². The first-order valence-electron chi connectivity index (χ1n) is 10.4. The van der Waals surface area contributed by atoms with Crippen LogP contribution < -0.4 is 19.6 Å². The number of aryl methyl sites for hydroxylation is 1. The van der Waals surface area contributed by atoms with Crippen LogP contribution in [0.25, 0.3) is 11.0 Å². The molecule has 2 aromatic heterocycles. The maximum Gasteiger partial charge on any atom is 0.235 e. The van der Waals surface area contributed by atoms with E-state index in [9.17, 15) is 4.79 Å². The van der Waals surface area contributed by atoms with E-state index in [2.05, 4.69) is 22.4 Å². The lowest BCUT2D eigenvalue weighted by atomic mass is 10.1. The predicted octanol–water partition coefficient (Wildman–Crippen LogP) is 5.36. The first-order chi connectivity index (χ1) is 15.6. The first kappa shape index (κ1) is 20.6. The smallest absolute Gasteiger partial charge is 0.235 e. The van der Waals surface area contributed by atoms with E-state index in [0.29, 0.717) is 41.5 Å². The Hall–Kier alpha value is -3.29. The van der Waals surface area contributed by atoms with Crippen molar-refractivity contribution in [1.82, 2.24) is 4.90 Å². The SMILES string of the molecule is COc1ccccc1Oc1c(C)oc2c3c(ccc2c1=O)OCN(CCc1cccs1)C3. The molecule has 4 aromatic rings. The van der Waals surface area contributed by atoms with Crippen LogP contribution >= 0.6 is 11.3 Å². The van der Waals surface area contributed by atoms with Gasteiger partial charge in [0.1, 0.15) is 23.8 Å². The lowest BCUT2D eigenvalue weighted by Gasteiger charge is -2.29. The normalized spacial score (nSPS) is 13.6. The maximum atomic E-state index is 13.3. The van der Waals surface area contributed by atoms with Crippen LogP contribution in [0.3, 0.4) is 0 Å². The van der Waals surface area contributed by atoms with Crippen molar-refractivity contribution in [3.63, 3.8) is 0 Å². The van der Waals surface area contributed by atoms with Gasteiger partial charge in [-0.15, -0.1) is 11.3 Å². The van der Waals surface area contributed by atoms with Gasteiger partial charge in [0.2, 0.25) is 11.2 Å². The summed E-state index contributed by atoms with van der Waals surface area (Å²) in [4.78, 5) is 16.9. The second-order valence-electron chi connectivity index (χ2n) is 7.64. The van der Waals surface area contributed by atoms with Crippen LogP contribution in [0.2, 0.25) is 0 Å². The largest absolute Gasteiger partial charge is 0.493 e. The van der Waals surface area contributed by atoms with E-state index in [1.54, 1.807) is 43.6 Å². The molecule has 1 aliphatic rings. The molecule has 0 aliphatic carbocycles. The number of para-hydroxylation sites is 2. The summed E-state index contributed by atoms with van der Waals surface area (Å²) in [6.07, 6.45) is 0.959. The van der Waals surface area contributed by atoms with Gasteiger partial charge in [-0.05, 0) is 49.1 Å². The average Bonchev–Trinajstić information content (AvgIpc) is 3.34. The first-order valence-corrected chi connectivity index (χ1v) is 11.3. The summed E-state index contributed by atoms with van der Waals surface area (Å²) in [5.41, 5.74) is 1.23. The highest BCUT2D eigenvalue weighted by molar-refractivity contribution is 7.09. The number of hydrogen-bond acceptors (Lipinski definition) is 7. The minimum absolute atomic E-state index is 0.160. The van der Waals surface area contributed by atoms with E-state index >= 15 is 0 Å². The van der Waals surface area contributed by atoms with Gasteiger partial charge in [0.15, 0.2) is 11.5 Å². The van der Waals surface area contributed by atoms with Crippen molar-refractivity contribution in [2.24, 2.45) is 0 Å². The summed E-state index contributed by atoms with van der Waals surface area (Å²) in [5, 5.41) is 2.57. The highest BCUT2D eigenvalue weighted by Gasteiger charge is 2.24. The number of hydrogen-bond donors (Lipinski definition) is 0. The molecule has 164 valence electrons. The Morgan fingerprint density at radius 1 is 1.09 bits per heavy atom. The fourth-order valence-corrected chi connectivity index (χ4v) is 4.60. The zero-order chi connectivity index (χ0) is 22.1. The van der Waals surface area contributed by atoms with E-state index in [1.165, 1.54) is 4.88 Å². The number of fused-ring (bicyclic) bond motifs is 3. The van der Waals surface area contributed by atoms with Crippen LogP contribution in [-0.4, -0.2) is 25.3 Å². The molecule has 1 aliphatic heterocycles. The molecule has 0 saturated carbocycles. The number of nitrogens with zero attached hydrogens (tertiary/aromatic N) is 1. The van der Waals surface area contributed by atoms with Gasteiger partial charge in [-0.25, -0.2) is 0 Å². The van der Waals surface area contributed by atoms with Gasteiger partial charge in [-0.1, -0.05) is 18.2 Å². The molecule has 0 N–H and O–H groups in total. The minimum Gasteiger partial charge on any atom is -0.493 e. The molecular weight excluding hydrogens is 426 g/mol. The monoisotopic (exact) mass is 449 g/mol. The molecule has 0 atom stereocenters. The Labute approximate surface area is 189 Å². The summed E-state index contributed by atoms with van der Waals surface area (Å²) in [5.74, 6) is 2.34. The molecule has 0 amide bonds. The molecule has 2 aromatic carbocycles. The highest BCUT2D eigenvalue weighted by atomic mass is 32.1. The molecule has 5 rings (SSSR count). The van der Waals surface area contributed by atoms with Gasteiger partial charge in [-0.3, -0.25) is 9.69 Å². The zero-order valence-electron chi connectivity index (χ0n) is 17.9. The second kappa shape index (κ2) is 8.68. The number of rotatable bonds is 6. The maximum absolute atomic E-state index is 13.3. The standard InChI is InChI=1S/C25H23NO5S/c1-16-24(31-22-8-4-3-7-21(22)28-2)23(27)18-9-10-20-19(25(18)30-16)14-26(15-29-20)12-11-17-6-5-13-32-17/h3-10,13H,11-12,14-15H2,1-2H3. The van der Waals surface area contributed by atoms with Crippen molar-refractivity contribution in [1.29, 1.82) is 0 Å². The van der Waals surface area contributed by atoms with Crippen molar-refractivity contribution in [3.8, 4) is 23.0 Å². The van der Waals surface area contributed by atoms with Crippen LogP contribution in [0.4, 0.5) is 0 Å². The highest BCUT2D eigenvalue weighted by Crippen LogP contribution is 2.36. The predicted molar refractivity (Wildman–Crippen MR) is 124 cm³/mol. The van der Waals surface area contributed by atoms with Crippen molar-refractivity contribution < 1.29 is 18.6 Å². The van der Waals surface area contributed by atoms with Gasteiger partial charge < -0.3 is 18.6 Å². The third-order valence-corrected chi connectivity index (χ3v) is 6.50. The lowest BCUT2D eigenvalue weighted by Crippen LogP contribution is -2.33. The molecule has 0 bridgehead atoms. The van der Waals surface area contributed by atoms with Gasteiger partial charge >= 0.3 is 0 Å². The fraction of sp³-hybridized carbons (Fsp3) is 0.240. The molecule has 0 fully saturated rings. The summed E-state index contributed by atoms with van der Waals surface area (Å²) < 4.78 is 23.4. The molecule has 7 heteroatoms. The Balaban J connectivity index is 1.48. The Morgan fingerprint density at radius 2 is 1.94 bits per heavy atom. The second-order valence-corrected chi connectivity index (χ2v) is 8.68. The number of thiophene rings is 1. The van der Waals surface area contributed by atoms with Gasteiger partial charge in [0, 0.05) is 18.0 Å². The average molecular weight is 450 g/mol. The molecule has 0 spiro atoms. The van der Waals surface area contributed by atoms with E-state index in [1.807, 2.05) is 18.2 Å². The van der Waals surface area contributed by atoms with Crippen molar-refractivity contribution >= 4 is 22.3 Å². The van der Waals surface area contributed by atoms with Gasteiger partial charge in [-0.2, -0.15) is 0 Å². The van der Waals surface area contributed by atoms with Crippen molar-refractivity contribution in [3.05, 3.63) is 80.3 Å². The fourth-order valence-electron chi connectivity index (χ4n) is 3.90. The van der Waals surface area contributed by atoms with Crippen LogP contribution in [-0.2, 0) is 13.0 Å². The Morgan fingerprint density at radius 3 is 2.72 bits per heavy atom. The molecule has 32 heavy (non-hydrogen) atoms. The molecule has 0 unspecified atom stereocenters. The van der Waals surface area contributed by atoms with Crippen LogP contribution in [0.5, 0.6) is 23.0 Å². The zero-order valence-corrected chi connectivity index (χ0v) is 18.7. The van der Waals surface area contributed by atoms with Crippen molar-refractivity contribution in [2.45, 2.75) is 19.9 Å². The molecule has 0 radical (unpaired) electrons. The van der Waals surface area contributed by atoms with E-state index in [4.69, 9.17) is 18.6 Å². The summed E-state index contributed by atoms with van der Waals surface area (Å²) in [6.45, 7) is 3.78. The Kier molecular flexibility index (Phi) is 5.59. The van der Waals surface area contributed by atoms with Gasteiger partial charge in [0.25, 0.3) is 0 Å². The molecular formula is C25H23NO5S. The number of ether oxygens (including phenoxy) is 3. The van der Waals surface area contributed by atoms with Gasteiger partial charge in [0.05, 0.1) is 18.1 Å². The van der Waals surface area contributed by atoms with Crippen LogP contribution in [0.1, 0.15) is 16.2 Å². The van der Waals surface area contributed by atoms with E-state index in [-0.39, 0.29) is 11.2 Å². The number of benzene rings is 2. The third kappa shape index (κ3) is 3.85. The molecule has 3 heterocycles. The minimum atomic E-state index is -0.215.